The van der Waals surface area contributed by atoms with Crippen molar-refractivity contribution in [3.8, 4) is 5.75 Å². The van der Waals surface area contributed by atoms with Crippen LogP contribution in [0.3, 0.4) is 0 Å². The van der Waals surface area contributed by atoms with Gasteiger partial charge in [-0.2, -0.15) is 18.3 Å². The number of para-hydroxylation sites is 1. The van der Waals surface area contributed by atoms with Crippen LogP contribution >= 0.6 is 0 Å². The fourth-order valence-corrected chi connectivity index (χ4v) is 5.74. The Morgan fingerprint density at radius 2 is 1.55 bits per heavy atom. The van der Waals surface area contributed by atoms with E-state index in [0.717, 1.165) is 12.1 Å². The number of anilines is 1. The van der Waals surface area contributed by atoms with E-state index in [0.29, 0.717) is 21.8 Å². The number of alkyl halides is 3. The number of carbonyl (C=O) groups is 3. The average Bonchev–Trinajstić information content (AvgIpc) is 3.40. The first-order valence-electron chi connectivity index (χ1n) is 11.9. The van der Waals surface area contributed by atoms with E-state index in [1.165, 1.54) is 24.3 Å². The smallest absolute Gasteiger partial charge is 0.418 e. The van der Waals surface area contributed by atoms with Crippen molar-refractivity contribution in [3.05, 3.63) is 95.1 Å². The number of hydrogen-bond acceptors (Lipinski definition) is 6. The molecule has 0 N–H and O–H groups in total. The Kier molecular flexibility index (Phi) is 5.37. The number of Topliss-reactive ketones (excluding diaryl/α,β-unsaturated/α-hetero) is 1. The summed E-state index contributed by atoms with van der Waals surface area (Å²) >= 11 is 0. The fourth-order valence-electron chi connectivity index (χ4n) is 5.74. The van der Waals surface area contributed by atoms with Gasteiger partial charge < -0.3 is 4.74 Å². The Labute approximate surface area is 215 Å². The number of ether oxygens (including phenoxy) is 1. The third-order valence-electron chi connectivity index (χ3n) is 7.39. The van der Waals surface area contributed by atoms with Crippen molar-refractivity contribution in [2.75, 3.05) is 12.0 Å². The topological polar surface area (TPSA) is 79.3 Å². The zero-order chi connectivity index (χ0) is 26.8. The number of ketones is 1. The van der Waals surface area contributed by atoms with Crippen LogP contribution in [-0.4, -0.2) is 42.0 Å². The van der Waals surface area contributed by atoms with Crippen molar-refractivity contribution >= 4 is 29.5 Å². The molecule has 3 aliphatic rings. The van der Waals surface area contributed by atoms with E-state index in [2.05, 4.69) is 5.10 Å². The number of imide groups is 1. The highest BCUT2D eigenvalue weighted by Crippen LogP contribution is 2.54. The summed E-state index contributed by atoms with van der Waals surface area (Å²) < 4.78 is 46.7. The summed E-state index contributed by atoms with van der Waals surface area (Å²) in [6.07, 6.45) is -3.23. The summed E-state index contributed by atoms with van der Waals surface area (Å²) in [5.41, 5.74) is 0.00513. The summed E-state index contributed by atoms with van der Waals surface area (Å²) in [4.78, 5) is 42.2. The van der Waals surface area contributed by atoms with Crippen molar-refractivity contribution in [2.45, 2.75) is 18.3 Å². The van der Waals surface area contributed by atoms with Crippen molar-refractivity contribution < 1.29 is 32.3 Å². The highest BCUT2D eigenvalue weighted by atomic mass is 19.4. The van der Waals surface area contributed by atoms with Crippen molar-refractivity contribution in [2.24, 2.45) is 16.9 Å². The SMILES string of the molecule is COc1ccc(C(=O)[C@H]2[C@H]3C(=O)N(c4ccccc4C(F)(F)F)C(=O)[C@H]3[C@H]3c4ccccc4C=NN32)cc1. The van der Waals surface area contributed by atoms with Crippen molar-refractivity contribution in [1.29, 1.82) is 0 Å². The summed E-state index contributed by atoms with van der Waals surface area (Å²) in [7, 11) is 1.49. The number of amides is 2. The van der Waals surface area contributed by atoms with Gasteiger partial charge in [0.05, 0.1) is 42.5 Å². The molecule has 2 saturated heterocycles. The van der Waals surface area contributed by atoms with Gasteiger partial charge in [-0.05, 0) is 47.5 Å². The molecular weight excluding hydrogens is 499 g/mol. The lowest BCUT2D eigenvalue weighted by molar-refractivity contribution is -0.137. The van der Waals surface area contributed by atoms with Gasteiger partial charge in [0.1, 0.15) is 11.8 Å². The molecule has 0 unspecified atom stereocenters. The number of rotatable bonds is 4. The number of hydrazone groups is 1. The van der Waals surface area contributed by atoms with Gasteiger partial charge in [-0.25, -0.2) is 4.90 Å². The maximum absolute atomic E-state index is 13.9. The summed E-state index contributed by atoms with van der Waals surface area (Å²) in [6, 6.07) is 15.9. The monoisotopic (exact) mass is 519 g/mol. The quantitative estimate of drug-likeness (QED) is 0.375. The zero-order valence-corrected chi connectivity index (χ0v) is 19.9. The molecule has 3 heterocycles. The normalized spacial score (nSPS) is 23.8. The van der Waals surface area contributed by atoms with Gasteiger partial charge in [0.15, 0.2) is 5.78 Å². The molecule has 3 aromatic carbocycles. The Hall–Kier alpha value is -4.47. The van der Waals surface area contributed by atoms with Crippen LogP contribution in [0, 0.1) is 11.8 Å². The molecule has 3 aliphatic heterocycles. The van der Waals surface area contributed by atoms with E-state index < -0.39 is 58.9 Å². The largest absolute Gasteiger partial charge is 0.497 e. The minimum Gasteiger partial charge on any atom is -0.497 e. The van der Waals surface area contributed by atoms with E-state index in [4.69, 9.17) is 4.74 Å². The van der Waals surface area contributed by atoms with Crippen LogP contribution in [0.2, 0.25) is 0 Å². The van der Waals surface area contributed by atoms with Crippen LogP contribution in [0.1, 0.15) is 33.1 Å². The van der Waals surface area contributed by atoms with Crippen LogP contribution in [0.15, 0.2) is 77.9 Å². The third-order valence-corrected chi connectivity index (χ3v) is 7.39. The van der Waals surface area contributed by atoms with E-state index in [1.807, 2.05) is 0 Å². The maximum atomic E-state index is 13.9. The number of methoxy groups -OCH3 is 1. The first-order chi connectivity index (χ1) is 18.2. The molecule has 0 spiro atoms. The molecule has 0 saturated carbocycles. The Morgan fingerprint density at radius 1 is 0.895 bits per heavy atom. The second-order valence-electron chi connectivity index (χ2n) is 9.31. The fraction of sp³-hybridized carbons (Fsp3) is 0.214. The van der Waals surface area contributed by atoms with Crippen LogP contribution in [0.4, 0.5) is 18.9 Å². The Balaban J connectivity index is 1.50. The number of benzene rings is 3. The second-order valence-corrected chi connectivity index (χ2v) is 9.31. The highest BCUT2D eigenvalue weighted by molar-refractivity contribution is 6.25. The number of nitrogens with zero attached hydrogens (tertiary/aromatic N) is 3. The van der Waals surface area contributed by atoms with Gasteiger partial charge in [-0.3, -0.25) is 19.4 Å². The molecule has 192 valence electrons. The summed E-state index contributed by atoms with van der Waals surface area (Å²) in [5, 5.41) is 5.93. The predicted octanol–water partition coefficient (Wildman–Crippen LogP) is 4.48. The molecule has 38 heavy (non-hydrogen) atoms. The van der Waals surface area contributed by atoms with Gasteiger partial charge in [-0.15, -0.1) is 0 Å². The van der Waals surface area contributed by atoms with Crippen LogP contribution in [-0.2, 0) is 15.8 Å². The van der Waals surface area contributed by atoms with Crippen LogP contribution in [0.5, 0.6) is 5.75 Å². The van der Waals surface area contributed by atoms with Gasteiger partial charge >= 0.3 is 6.18 Å². The first kappa shape index (κ1) is 23.9. The van der Waals surface area contributed by atoms with Crippen LogP contribution in [0.25, 0.3) is 0 Å². The summed E-state index contributed by atoms with van der Waals surface area (Å²) in [5.74, 6) is -3.92. The molecular formula is C28H20F3N3O4. The second kappa shape index (κ2) is 8.54. The van der Waals surface area contributed by atoms with E-state index >= 15 is 0 Å². The molecule has 7 nitrogen and oxygen atoms in total. The molecule has 6 rings (SSSR count). The number of fused-ring (bicyclic) bond motifs is 5. The lowest BCUT2D eigenvalue weighted by atomic mass is 9.83. The van der Waals surface area contributed by atoms with E-state index in [9.17, 15) is 27.6 Å². The minimum absolute atomic E-state index is 0.263. The molecule has 3 aromatic rings. The number of halogens is 3. The van der Waals surface area contributed by atoms with Gasteiger partial charge in [0.25, 0.3) is 0 Å². The molecule has 0 radical (unpaired) electrons. The van der Waals surface area contributed by atoms with Gasteiger partial charge in [0.2, 0.25) is 11.8 Å². The van der Waals surface area contributed by atoms with Gasteiger partial charge in [0, 0.05) is 5.56 Å². The Morgan fingerprint density at radius 3 is 2.26 bits per heavy atom. The molecule has 2 fully saturated rings. The van der Waals surface area contributed by atoms with Crippen molar-refractivity contribution in [1.82, 2.24) is 5.01 Å². The standard InChI is InChI=1S/C28H20F3N3O4/c1-38-17-12-10-15(11-13-17)25(35)24-22-21(23-18-7-3-2-6-16(18)14-32-34(23)24)26(36)33(27(22)37)20-9-5-4-8-19(20)28(29,30)31/h2-14,21-24H,1H3/t21-,22+,23-,24-/m1/s1. The minimum atomic E-state index is -4.79. The predicted molar refractivity (Wildman–Crippen MR) is 131 cm³/mol. The van der Waals surface area contributed by atoms with Gasteiger partial charge in [-0.1, -0.05) is 36.4 Å². The molecule has 10 heteroatoms. The van der Waals surface area contributed by atoms with Crippen molar-refractivity contribution in [3.63, 3.8) is 0 Å². The zero-order valence-electron chi connectivity index (χ0n) is 19.9. The number of hydrogen-bond donors (Lipinski definition) is 0. The third kappa shape index (κ3) is 3.43. The number of carbonyl (C=O) groups excluding carboxylic acids is 3. The first-order valence-corrected chi connectivity index (χ1v) is 11.9. The molecule has 4 atom stereocenters. The lowest BCUT2D eigenvalue weighted by Gasteiger charge is -2.34. The Bertz CT molecular complexity index is 1500. The molecule has 0 aromatic heterocycles. The van der Waals surface area contributed by atoms with Crippen LogP contribution < -0.4 is 9.64 Å². The lowest BCUT2D eigenvalue weighted by Crippen LogP contribution is -2.45. The molecule has 0 aliphatic carbocycles. The van der Waals surface area contributed by atoms with E-state index in [-0.39, 0.29) is 5.56 Å². The summed E-state index contributed by atoms with van der Waals surface area (Å²) in [6.45, 7) is 0. The average molecular weight is 519 g/mol. The van der Waals surface area contributed by atoms with E-state index in [1.54, 1.807) is 54.7 Å². The molecule has 0 bridgehead atoms. The maximum Gasteiger partial charge on any atom is 0.418 e. The highest BCUT2D eigenvalue weighted by Gasteiger charge is 2.65. The molecule has 2 amide bonds.